The number of ether oxygens (including phenoxy) is 2. The number of methoxy groups -OCH3 is 2. The first-order valence-electron chi connectivity index (χ1n) is 10.7. The Bertz CT molecular complexity index is 636. The van der Waals surface area contributed by atoms with Crippen LogP contribution in [0.4, 0.5) is 0 Å². The molecule has 1 aliphatic carbocycles. The highest BCUT2D eigenvalue weighted by Crippen LogP contribution is 2.27. The zero-order valence-electron chi connectivity index (χ0n) is 17.7. The molecule has 3 N–H and O–H groups in total. The van der Waals surface area contributed by atoms with Gasteiger partial charge < -0.3 is 24.6 Å². The van der Waals surface area contributed by atoms with E-state index < -0.39 is 0 Å². The molecule has 2 fully saturated rings. The molecule has 0 bridgehead atoms. The van der Waals surface area contributed by atoms with E-state index in [4.69, 9.17) is 9.47 Å². The number of rotatable bonds is 7. The van der Waals surface area contributed by atoms with Gasteiger partial charge in [-0.15, -0.1) is 0 Å². The molecule has 1 saturated heterocycles. The molecule has 1 heterocycles. The Labute approximate surface area is 169 Å². The van der Waals surface area contributed by atoms with E-state index in [0.29, 0.717) is 12.6 Å². The third-order valence-electron chi connectivity index (χ3n) is 6.36. The summed E-state index contributed by atoms with van der Waals surface area (Å²) in [6, 6.07) is 6.57. The fourth-order valence-electron chi connectivity index (χ4n) is 4.50. The SMILES string of the molecule is COc1ccc(C[NH+]2CC[NH+](CC(=O)NC3CCC(C)CC3)CC2)cc1OC. The number of carbonyl (C=O) groups is 1. The van der Waals surface area contributed by atoms with E-state index in [2.05, 4.69) is 24.4 Å². The van der Waals surface area contributed by atoms with Crippen LogP contribution in [0.15, 0.2) is 18.2 Å². The average molecular weight is 392 g/mol. The monoisotopic (exact) mass is 391 g/mol. The molecule has 156 valence electrons. The second-order valence-corrected chi connectivity index (χ2v) is 8.57. The lowest BCUT2D eigenvalue weighted by Crippen LogP contribution is -3.28. The molecular formula is C22H37N3O3+2. The molecule has 0 aromatic heterocycles. The maximum Gasteiger partial charge on any atom is 0.275 e. The summed E-state index contributed by atoms with van der Waals surface area (Å²) in [4.78, 5) is 15.4. The van der Waals surface area contributed by atoms with E-state index in [9.17, 15) is 4.79 Å². The lowest BCUT2D eigenvalue weighted by molar-refractivity contribution is -1.02. The van der Waals surface area contributed by atoms with Crippen molar-refractivity contribution < 1.29 is 24.1 Å². The highest BCUT2D eigenvalue weighted by Gasteiger charge is 2.26. The zero-order valence-corrected chi connectivity index (χ0v) is 17.7. The number of amides is 1. The normalized spacial score (nSPS) is 27.8. The molecule has 3 rings (SSSR count). The molecule has 1 aliphatic heterocycles. The smallest absolute Gasteiger partial charge is 0.275 e. The summed E-state index contributed by atoms with van der Waals surface area (Å²) >= 11 is 0. The van der Waals surface area contributed by atoms with Gasteiger partial charge >= 0.3 is 0 Å². The van der Waals surface area contributed by atoms with E-state index in [0.717, 1.165) is 63.0 Å². The predicted molar refractivity (Wildman–Crippen MR) is 109 cm³/mol. The van der Waals surface area contributed by atoms with Crippen molar-refractivity contribution in [2.75, 3.05) is 46.9 Å². The topological polar surface area (TPSA) is 56.4 Å². The predicted octanol–water partition coefficient (Wildman–Crippen LogP) is -0.318. The maximum absolute atomic E-state index is 12.4. The Hall–Kier alpha value is -1.79. The molecule has 2 aliphatic rings. The van der Waals surface area contributed by atoms with Crippen molar-refractivity contribution in [2.24, 2.45) is 5.92 Å². The number of quaternary nitrogens is 2. The van der Waals surface area contributed by atoms with Crippen molar-refractivity contribution in [1.82, 2.24) is 5.32 Å². The number of carbonyl (C=O) groups excluding carboxylic acids is 1. The number of nitrogens with one attached hydrogen (secondary N) is 3. The van der Waals surface area contributed by atoms with Gasteiger partial charge in [0.15, 0.2) is 18.0 Å². The Morgan fingerprint density at radius 3 is 2.29 bits per heavy atom. The van der Waals surface area contributed by atoms with Crippen molar-refractivity contribution >= 4 is 5.91 Å². The summed E-state index contributed by atoms with van der Waals surface area (Å²) in [6.45, 7) is 8.22. The molecule has 1 amide bonds. The zero-order chi connectivity index (χ0) is 19.9. The van der Waals surface area contributed by atoms with Gasteiger partial charge in [0.2, 0.25) is 0 Å². The van der Waals surface area contributed by atoms with Crippen LogP contribution < -0.4 is 24.6 Å². The fourth-order valence-corrected chi connectivity index (χ4v) is 4.50. The van der Waals surface area contributed by atoms with E-state index >= 15 is 0 Å². The van der Waals surface area contributed by atoms with E-state index in [1.54, 1.807) is 19.1 Å². The van der Waals surface area contributed by atoms with Gasteiger partial charge in [0.25, 0.3) is 5.91 Å². The lowest BCUT2D eigenvalue weighted by Gasteiger charge is -2.31. The third kappa shape index (κ3) is 5.85. The number of hydrogen-bond donors (Lipinski definition) is 3. The molecule has 0 unspecified atom stereocenters. The van der Waals surface area contributed by atoms with Crippen LogP contribution in [0.1, 0.15) is 38.2 Å². The second kappa shape index (κ2) is 10.1. The van der Waals surface area contributed by atoms with Gasteiger partial charge in [0.1, 0.15) is 32.7 Å². The van der Waals surface area contributed by atoms with Crippen molar-refractivity contribution in [2.45, 2.75) is 45.2 Å². The molecule has 1 aromatic carbocycles. The van der Waals surface area contributed by atoms with Crippen LogP contribution in [0.25, 0.3) is 0 Å². The first-order chi connectivity index (χ1) is 13.6. The van der Waals surface area contributed by atoms with Gasteiger partial charge in [-0.3, -0.25) is 4.79 Å². The van der Waals surface area contributed by atoms with Gasteiger partial charge in [0, 0.05) is 11.6 Å². The average Bonchev–Trinajstić information content (AvgIpc) is 2.71. The summed E-state index contributed by atoms with van der Waals surface area (Å²) in [7, 11) is 3.34. The van der Waals surface area contributed by atoms with Crippen LogP contribution in [0.5, 0.6) is 11.5 Å². The van der Waals surface area contributed by atoms with Gasteiger partial charge in [0.05, 0.1) is 14.2 Å². The molecule has 1 saturated carbocycles. The van der Waals surface area contributed by atoms with Gasteiger partial charge in [-0.2, -0.15) is 0 Å². The Morgan fingerprint density at radius 1 is 1.00 bits per heavy atom. The third-order valence-corrected chi connectivity index (χ3v) is 6.36. The Morgan fingerprint density at radius 2 is 1.64 bits per heavy atom. The van der Waals surface area contributed by atoms with Crippen molar-refractivity contribution in [3.05, 3.63) is 23.8 Å². The van der Waals surface area contributed by atoms with Crippen LogP contribution in [0, 0.1) is 5.92 Å². The summed E-state index contributed by atoms with van der Waals surface area (Å²) in [5.41, 5.74) is 1.26. The van der Waals surface area contributed by atoms with Crippen LogP contribution >= 0.6 is 0 Å². The minimum atomic E-state index is 0.234. The van der Waals surface area contributed by atoms with Crippen LogP contribution in [-0.2, 0) is 11.3 Å². The number of benzene rings is 1. The van der Waals surface area contributed by atoms with Gasteiger partial charge in [-0.1, -0.05) is 6.92 Å². The summed E-state index contributed by atoms with van der Waals surface area (Å²) in [6.07, 6.45) is 4.78. The van der Waals surface area contributed by atoms with Gasteiger partial charge in [-0.05, 0) is 49.8 Å². The molecule has 6 nitrogen and oxygen atoms in total. The highest BCUT2D eigenvalue weighted by molar-refractivity contribution is 5.77. The molecule has 0 atom stereocenters. The van der Waals surface area contributed by atoms with E-state index in [1.165, 1.54) is 23.3 Å². The minimum Gasteiger partial charge on any atom is -0.493 e. The minimum absolute atomic E-state index is 0.234. The maximum atomic E-state index is 12.4. The Kier molecular flexibility index (Phi) is 7.57. The molecule has 28 heavy (non-hydrogen) atoms. The standard InChI is InChI=1S/C22H35N3O3/c1-17-4-7-19(8-5-17)23-22(26)16-25-12-10-24(11-13-25)15-18-6-9-20(27-2)21(14-18)28-3/h6,9,14,17,19H,4-5,7-8,10-13,15-16H2,1-3H3,(H,23,26)/p+2. The summed E-state index contributed by atoms with van der Waals surface area (Å²) < 4.78 is 10.7. The highest BCUT2D eigenvalue weighted by atomic mass is 16.5. The molecule has 0 radical (unpaired) electrons. The summed E-state index contributed by atoms with van der Waals surface area (Å²) in [5, 5.41) is 3.27. The van der Waals surface area contributed by atoms with Crippen LogP contribution in [-0.4, -0.2) is 58.9 Å². The van der Waals surface area contributed by atoms with Crippen molar-refractivity contribution in [3.63, 3.8) is 0 Å². The lowest BCUT2D eigenvalue weighted by atomic mass is 9.87. The number of hydrogen-bond acceptors (Lipinski definition) is 3. The molecule has 1 aromatic rings. The molecular weight excluding hydrogens is 354 g/mol. The van der Waals surface area contributed by atoms with Crippen LogP contribution in [0.3, 0.4) is 0 Å². The first-order valence-corrected chi connectivity index (χ1v) is 10.7. The van der Waals surface area contributed by atoms with Crippen molar-refractivity contribution in [3.8, 4) is 11.5 Å². The second-order valence-electron chi connectivity index (χ2n) is 8.57. The first kappa shape index (κ1) is 20.9. The Balaban J connectivity index is 1.40. The largest absolute Gasteiger partial charge is 0.493 e. The van der Waals surface area contributed by atoms with E-state index in [1.807, 2.05) is 6.07 Å². The number of piperazine rings is 1. The van der Waals surface area contributed by atoms with Crippen molar-refractivity contribution in [1.29, 1.82) is 0 Å². The van der Waals surface area contributed by atoms with Crippen LogP contribution in [0.2, 0.25) is 0 Å². The fraction of sp³-hybridized carbons (Fsp3) is 0.682. The molecule has 0 spiro atoms. The molecule has 6 heteroatoms. The van der Waals surface area contributed by atoms with E-state index in [-0.39, 0.29) is 5.91 Å². The van der Waals surface area contributed by atoms with Gasteiger partial charge in [-0.25, -0.2) is 0 Å². The quantitative estimate of drug-likeness (QED) is 0.597. The summed E-state index contributed by atoms with van der Waals surface area (Å²) in [5.74, 6) is 2.62.